The Morgan fingerprint density at radius 3 is 2.28 bits per heavy atom. The van der Waals surface area contributed by atoms with Gasteiger partial charge in [-0.3, -0.25) is 4.79 Å². The molecule has 0 aliphatic rings. The largest absolute Gasteiger partial charge is 0.423 e. The van der Waals surface area contributed by atoms with Gasteiger partial charge in [0.15, 0.2) is 5.75 Å². The molecule has 100 valence electrons. The van der Waals surface area contributed by atoms with Crippen LogP contribution in [-0.4, -0.2) is 16.1 Å². The summed E-state index contributed by atoms with van der Waals surface area (Å²) in [5, 5.41) is 8.78. The molecule has 1 aromatic heterocycles. The van der Waals surface area contributed by atoms with E-state index < -0.39 is 16.4 Å². The molecule has 9 heteroatoms. The molecule has 0 aromatic carbocycles. The van der Waals surface area contributed by atoms with Crippen LogP contribution >= 0.6 is 58.0 Å². The molecule has 0 spiro atoms. The molecule has 4 nitrogen and oxygen atoms in total. The van der Waals surface area contributed by atoms with Crippen LogP contribution in [0.3, 0.4) is 0 Å². The lowest BCUT2D eigenvalue weighted by Gasteiger charge is -2.17. The van der Waals surface area contributed by atoms with E-state index in [0.717, 1.165) is 6.92 Å². The van der Waals surface area contributed by atoms with Gasteiger partial charge in [-0.2, -0.15) is 0 Å². The number of alkyl halides is 3. The molecule has 1 rings (SSSR count). The average molecular weight is 353 g/mol. The van der Waals surface area contributed by atoms with Crippen LogP contribution in [0.15, 0.2) is 0 Å². The summed E-state index contributed by atoms with van der Waals surface area (Å²) in [5.74, 6) is -0.865. The number of halogens is 5. The maximum absolute atomic E-state index is 11.0. The third kappa shape index (κ3) is 3.53. The van der Waals surface area contributed by atoms with E-state index in [0.29, 0.717) is 0 Å². The van der Waals surface area contributed by atoms with Crippen molar-refractivity contribution < 1.29 is 14.6 Å². The Hall–Kier alpha value is 0.0300. The van der Waals surface area contributed by atoms with Crippen molar-refractivity contribution in [2.45, 2.75) is 17.3 Å². The first kappa shape index (κ1) is 16.1. The Morgan fingerprint density at radius 2 is 1.89 bits per heavy atom. The lowest BCUT2D eigenvalue weighted by molar-refractivity contribution is -0.131. The third-order valence-electron chi connectivity index (χ3n) is 1.77. The zero-order valence-electron chi connectivity index (χ0n) is 8.81. The van der Waals surface area contributed by atoms with Crippen molar-refractivity contribution in [3.05, 3.63) is 21.4 Å². The van der Waals surface area contributed by atoms with Crippen molar-refractivity contribution in [1.29, 1.82) is 0 Å². The van der Waals surface area contributed by atoms with Gasteiger partial charge in [0.2, 0.25) is 3.79 Å². The average Bonchev–Trinajstić information content (AvgIpc) is 2.22. The van der Waals surface area contributed by atoms with E-state index in [9.17, 15) is 4.79 Å². The number of carbonyl (C=O) groups is 1. The SMILES string of the molecule is CC(=O)Oc1c(Cl)c(CO)nc(C(Cl)(Cl)Cl)c1Cl. The number of hydrogen-bond donors (Lipinski definition) is 1. The first-order valence-electron chi connectivity index (χ1n) is 4.42. The van der Waals surface area contributed by atoms with E-state index >= 15 is 0 Å². The van der Waals surface area contributed by atoms with Crippen LogP contribution in [0.25, 0.3) is 0 Å². The summed E-state index contributed by atoms with van der Waals surface area (Å²) in [7, 11) is 0. The molecule has 0 aliphatic heterocycles. The Bertz CT molecular complexity index is 486. The first-order chi connectivity index (χ1) is 8.18. The molecule has 18 heavy (non-hydrogen) atoms. The lowest BCUT2D eigenvalue weighted by atomic mass is 10.3. The number of ether oxygens (including phenoxy) is 1. The summed E-state index contributed by atoms with van der Waals surface area (Å²) in [6.07, 6.45) is 0. The van der Waals surface area contributed by atoms with E-state index in [1.165, 1.54) is 0 Å². The van der Waals surface area contributed by atoms with Crippen molar-refractivity contribution in [2.24, 2.45) is 0 Å². The number of esters is 1. The molecule has 1 N–H and O–H groups in total. The molecule has 1 heterocycles. The zero-order chi connectivity index (χ0) is 14.1. The highest BCUT2D eigenvalue weighted by molar-refractivity contribution is 6.67. The van der Waals surface area contributed by atoms with Gasteiger partial charge in [0.05, 0.1) is 12.3 Å². The maximum atomic E-state index is 11.0. The second kappa shape index (κ2) is 5.99. The molecule has 0 bridgehead atoms. The van der Waals surface area contributed by atoms with Crippen LogP contribution in [0.5, 0.6) is 5.75 Å². The molecule has 0 aliphatic carbocycles. The highest BCUT2D eigenvalue weighted by Crippen LogP contribution is 2.46. The summed E-state index contributed by atoms with van der Waals surface area (Å²) in [6, 6.07) is 0. The number of aliphatic hydroxyl groups excluding tert-OH is 1. The normalized spacial score (nSPS) is 11.5. The van der Waals surface area contributed by atoms with Gasteiger partial charge in [-0.25, -0.2) is 4.98 Å². The molecule has 0 fully saturated rings. The molecule has 0 saturated heterocycles. The predicted octanol–water partition coefficient (Wildman–Crippen LogP) is 3.63. The predicted molar refractivity (Wildman–Crippen MR) is 70.7 cm³/mol. The second-order valence-corrected chi connectivity index (χ2v) is 6.15. The van der Waals surface area contributed by atoms with E-state index in [1.807, 2.05) is 0 Å². The van der Waals surface area contributed by atoms with E-state index in [-0.39, 0.29) is 27.2 Å². The highest BCUT2D eigenvalue weighted by atomic mass is 35.6. The number of nitrogens with zero attached hydrogens (tertiary/aromatic N) is 1. The monoisotopic (exact) mass is 351 g/mol. The number of carbonyl (C=O) groups excluding carboxylic acids is 1. The van der Waals surface area contributed by atoms with Crippen molar-refractivity contribution >= 4 is 64.0 Å². The summed E-state index contributed by atoms with van der Waals surface area (Å²) in [4.78, 5) is 14.8. The summed E-state index contributed by atoms with van der Waals surface area (Å²) in [5.41, 5.74) is -0.197. The Balaban J connectivity index is 3.53. The van der Waals surface area contributed by atoms with Crippen LogP contribution in [0.2, 0.25) is 10.0 Å². The first-order valence-corrected chi connectivity index (χ1v) is 6.31. The van der Waals surface area contributed by atoms with Crippen molar-refractivity contribution in [2.75, 3.05) is 0 Å². The molecular formula is C9H6Cl5NO3. The maximum Gasteiger partial charge on any atom is 0.308 e. The van der Waals surface area contributed by atoms with Crippen molar-refractivity contribution in [3.63, 3.8) is 0 Å². The number of rotatable bonds is 2. The highest BCUT2D eigenvalue weighted by Gasteiger charge is 2.32. The lowest BCUT2D eigenvalue weighted by Crippen LogP contribution is -2.12. The van der Waals surface area contributed by atoms with Gasteiger partial charge < -0.3 is 9.84 Å². The molecule has 0 atom stereocenters. The van der Waals surface area contributed by atoms with Gasteiger partial charge in [0.1, 0.15) is 15.7 Å². The van der Waals surface area contributed by atoms with Gasteiger partial charge >= 0.3 is 5.97 Å². The number of aliphatic hydroxyl groups is 1. The van der Waals surface area contributed by atoms with E-state index in [2.05, 4.69) is 4.98 Å². The minimum atomic E-state index is -1.94. The van der Waals surface area contributed by atoms with Crippen LogP contribution in [0.4, 0.5) is 0 Å². The van der Waals surface area contributed by atoms with Crippen LogP contribution < -0.4 is 4.74 Å². The van der Waals surface area contributed by atoms with Crippen LogP contribution in [-0.2, 0) is 15.2 Å². The van der Waals surface area contributed by atoms with Crippen LogP contribution in [0, 0.1) is 0 Å². The van der Waals surface area contributed by atoms with E-state index in [1.54, 1.807) is 0 Å². The molecule has 0 unspecified atom stereocenters. The number of hydrogen-bond acceptors (Lipinski definition) is 4. The standard InChI is InChI=1S/C9H6Cl5NO3/c1-3(17)18-7-5(10)4(2-16)15-8(6(7)11)9(12,13)14/h16H,2H2,1H3. The minimum Gasteiger partial charge on any atom is -0.423 e. The molecule has 0 amide bonds. The number of pyridine rings is 1. The van der Waals surface area contributed by atoms with Gasteiger partial charge in [-0.05, 0) is 0 Å². The summed E-state index contributed by atoms with van der Waals surface area (Å²) < 4.78 is 2.88. The van der Waals surface area contributed by atoms with Crippen molar-refractivity contribution in [3.8, 4) is 5.75 Å². The fourth-order valence-corrected chi connectivity index (χ4v) is 2.25. The second-order valence-electron chi connectivity index (χ2n) is 3.11. The molecule has 1 aromatic rings. The fraction of sp³-hybridized carbons (Fsp3) is 0.333. The molecule has 0 radical (unpaired) electrons. The van der Waals surface area contributed by atoms with Crippen LogP contribution in [0.1, 0.15) is 18.3 Å². The molecular weight excluding hydrogens is 347 g/mol. The zero-order valence-corrected chi connectivity index (χ0v) is 12.6. The Morgan fingerprint density at radius 1 is 1.33 bits per heavy atom. The van der Waals surface area contributed by atoms with Gasteiger partial charge in [0, 0.05) is 6.92 Å². The Kier molecular flexibility index (Phi) is 5.35. The quantitative estimate of drug-likeness (QED) is 0.651. The minimum absolute atomic E-state index is 0.0151. The smallest absolute Gasteiger partial charge is 0.308 e. The van der Waals surface area contributed by atoms with Gasteiger partial charge in [-0.15, -0.1) is 0 Å². The fourth-order valence-electron chi connectivity index (χ4n) is 1.09. The topological polar surface area (TPSA) is 59.4 Å². The Labute approximate surface area is 128 Å². The van der Waals surface area contributed by atoms with Gasteiger partial charge in [0.25, 0.3) is 0 Å². The van der Waals surface area contributed by atoms with Gasteiger partial charge in [-0.1, -0.05) is 58.0 Å². The third-order valence-corrected chi connectivity index (χ3v) is 3.05. The van der Waals surface area contributed by atoms with E-state index in [4.69, 9.17) is 67.8 Å². The summed E-state index contributed by atoms with van der Waals surface area (Å²) in [6.45, 7) is 0.624. The number of aromatic nitrogens is 1. The summed E-state index contributed by atoms with van der Waals surface area (Å²) >= 11 is 28.8. The van der Waals surface area contributed by atoms with Crippen molar-refractivity contribution in [1.82, 2.24) is 4.98 Å². The molecule has 0 saturated carbocycles.